The molecule has 1 saturated carbocycles. The number of fused-ring (bicyclic) bond motifs is 1. The number of rotatable bonds is 0. The molecule has 1 heteroatoms. The van der Waals surface area contributed by atoms with E-state index in [0.717, 1.165) is 5.92 Å². The monoisotopic (exact) mass is 186 g/mol. The van der Waals surface area contributed by atoms with E-state index in [1.807, 2.05) is 0 Å². The molecular formula is C8H11Br. The van der Waals surface area contributed by atoms with Crippen LogP contribution in [0.25, 0.3) is 0 Å². The third-order valence-electron chi connectivity index (χ3n) is 2.55. The lowest BCUT2D eigenvalue weighted by atomic mass is 10.1. The van der Waals surface area contributed by atoms with E-state index in [4.69, 9.17) is 0 Å². The minimum absolute atomic E-state index is 0.986. The molecule has 0 aromatic rings. The Kier molecular flexibility index (Phi) is 1.40. The minimum Gasteiger partial charge on any atom is -0.0570 e. The molecule has 0 unspecified atom stereocenters. The topological polar surface area (TPSA) is 0 Å². The number of halogens is 1. The molecule has 2 aliphatic rings. The molecule has 0 aromatic carbocycles. The van der Waals surface area contributed by atoms with Gasteiger partial charge in [-0.15, -0.1) is 0 Å². The zero-order valence-electron chi connectivity index (χ0n) is 5.49. The summed E-state index contributed by atoms with van der Waals surface area (Å²) >= 11 is 3.62. The summed E-state index contributed by atoms with van der Waals surface area (Å²) in [4.78, 5) is 0. The Hall–Kier alpha value is 0.220. The summed E-state index contributed by atoms with van der Waals surface area (Å²) in [6.45, 7) is 0. The van der Waals surface area contributed by atoms with Gasteiger partial charge in [0.25, 0.3) is 0 Å². The fourth-order valence-corrected chi connectivity index (χ4v) is 2.81. The highest BCUT2D eigenvalue weighted by molar-refractivity contribution is 9.11. The Bertz CT molecular complexity index is 158. The second kappa shape index (κ2) is 2.12. The first-order chi connectivity index (χ1) is 4.38. The molecule has 0 saturated heterocycles. The average molecular weight is 187 g/mol. The molecule has 0 aromatic heterocycles. The molecule has 0 nitrogen and oxygen atoms in total. The zero-order valence-corrected chi connectivity index (χ0v) is 7.08. The lowest BCUT2D eigenvalue weighted by Crippen LogP contribution is -1.86. The van der Waals surface area contributed by atoms with E-state index in [9.17, 15) is 0 Å². The smallest absolute Gasteiger partial charge is 0.00543 e. The van der Waals surface area contributed by atoms with Gasteiger partial charge in [0.15, 0.2) is 0 Å². The summed E-state index contributed by atoms with van der Waals surface area (Å²) in [6, 6.07) is 0. The van der Waals surface area contributed by atoms with Crippen LogP contribution in [0.3, 0.4) is 0 Å². The van der Waals surface area contributed by atoms with Crippen LogP contribution in [-0.2, 0) is 0 Å². The second-order valence-electron chi connectivity index (χ2n) is 3.06. The summed E-state index contributed by atoms with van der Waals surface area (Å²) in [5.74, 6) is 0.986. The van der Waals surface area contributed by atoms with Gasteiger partial charge in [-0.05, 0) is 42.5 Å². The summed E-state index contributed by atoms with van der Waals surface area (Å²) in [6.07, 6.45) is 7.03. The summed E-state index contributed by atoms with van der Waals surface area (Å²) < 4.78 is 1.53. The van der Waals surface area contributed by atoms with Gasteiger partial charge in [0.2, 0.25) is 0 Å². The highest BCUT2D eigenvalue weighted by Gasteiger charge is 2.27. The van der Waals surface area contributed by atoms with E-state index >= 15 is 0 Å². The summed E-state index contributed by atoms with van der Waals surface area (Å²) in [7, 11) is 0. The number of hydrogen-bond acceptors (Lipinski definition) is 0. The van der Waals surface area contributed by atoms with Crippen molar-refractivity contribution >= 4 is 15.9 Å². The van der Waals surface area contributed by atoms with Crippen molar-refractivity contribution in [2.24, 2.45) is 5.92 Å². The maximum absolute atomic E-state index is 3.62. The van der Waals surface area contributed by atoms with Crippen molar-refractivity contribution in [2.45, 2.75) is 32.1 Å². The van der Waals surface area contributed by atoms with Gasteiger partial charge in [-0.3, -0.25) is 0 Å². The van der Waals surface area contributed by atoms with Gasteiger partial charge in [-0.25, -0.2) is 0 Å². The normalized spacial score (nSPS) is 33.7. The van der Waals surface area contributed by atoms with Crippen LogP contribution >= 0.6 is 15.9 Å². The van der Waals surface area contributed by atoms with Crippen LogP contribution in [-0.4, -0.2) is 0 Å². The molecule has 0 aliphatic heterocycles. The highest BCUT2D eigenvalue weighted by Crippen LogP contribution is 2.45. The van der Waals surface area contributed by atoms with Gasteiger partial charge < -0.3 is 0 Å². The largest absolute Gasteiger partial charge is 0.0570 e. The van der Waals surface area contributed by atoms with Crippen LogP contribution in [0.1, 0.15) is 32.1 Å². The van der Waals surface area contributed by atoms with E-state index in [0.29, 0.717) is 0 Å². The van der Waals surface area contributed by atoms with Crippen LogP contribution in [0, 0.1) is 5.92 Å². The molecule has 0 spiro atoms. The van der Waals surface area contributed by atoms with Gasteiger partial charge in [-0.2, -0.15) is 0 Å². The van der Waals surface area contributed by atoms with Crippen LogP contribution in [0.2, 0.25) is 0 Å². The third kappa shape index (κ3) is 0.861. The van der Waals surface area contributed by atoms with E-state index in [-0.39, 0.29) is 0 Å². The quantitative estimate of drug-likeness (QED) is 0.546. The Balaban J connectivity index is 2.28. The molecule has 9 heavy (non-hydrogen) atoms. The molecular weight excluding hydrogens is 176 g/mol. The predicted molar refractivity (Wildman–Crippen MR) is 42.5 cm³/mol. The number of allylic oxidation sites excluding steroid dienone is 2. The molecule has 0 radical (unpaired) electrons. The fraction of sp³-hybridized carbons (Fsp3) is 0.750. The molecule has 50 valence electrons. The van der Waals surface area contributed by atoms with E-state index in [2.05, 4.69) is 15.9 Å². The lowest BCUT2D eigenvalue weighted by molar-refractivity contribution is 0.610. The summed E-state index contributed by atoms with van der Waals surface area (Å²) in [5.41, 5.74) is 1.75. The number of hydrogen-bond donors (Lipinski definition) is 0. The molecule has 1 fully saturated rings. The SMILES string of the molecule is BrC1=C2CCC[C@H]2CC1. The van der Waals surface area contributed by atoms with E-state index in [1.165, 1.54) is 36.6 Å². The molecule has 0 amide bonds. The van der Waals surface area contributed by atoms with Crippen LogP contribution in [0.15, 0.2) is 10.1 Å². The van der Waals surface area contributed by atoms with Crippen molar-refractivity contribution in [2.75, 3.05) is 0 Å². The standard InChI is InChI=1S/C8H11Br/c9-8-5-4-6-2-1-3-7(6)8/h6H,1-5H2/t6-/m0/s1. The third-order valence-corrected chi connectivity index (χ3v) is 3.46. The first kappa shape index (κ1) is 5.96. The second-order valence-corrected chi connectivity index (χ2v) is 4.02. The molecule has 0 heterocycles. The summed E-state index contributed by atoms with van der Waals surface area (Å²) in [5, 5.41) is 0. The van der Waals surface area contributed by atoms with Crippen molar-refractivity contribution in [3.63, 3.8) is 0 Å². The van der Waals surface area contributed by atoms with Gasteiger partial charge >= 0.3 is 0 Å². The Morgan fingerprint density at radius 1 is 1.22 bits per heavy atom. The van der Waals surface area contributed by atoms with Gasteiger partial charge in [-0.1, -0.05) is 21.5 Å². The van der Waals surface area contributed by atoms with Gasteiger partial charge in [0, 0.05) is 0 Å². The highest BCUT2D eigenvalue weighted by atomic mass is 79.9. The Morgan fingerprint density at radius 3 is 2.89 bits per heavy atom. The fourth-order valence-electron chi connectivity index (χ4n) is 2.05. The van der Waals surface area contributed by atoms with Crippen molar-refractivity contribution in [3.8, 4) is 0 Å². The van der Waals surface area contributed by atoms with Gasteiger partial charge in [0.05, 0.1) is 0 Å². The van der Waals surface area contributed by atoms with Crippen molar-refractivity contribution in [1.82, 2.24) is 0 Å². The van der Waals surface area contributed by atoms with Crippen LogP contribution in [0.5, 0.6) is 0 Å². The average Bonchev–Trinajstić information content (AvgIpc) is 2.35. The van der Waals surface area contributed by atoms with Gasteiger partial charge in [0.1, 0.15) is 0 Å². The predicted octanol–water partition coefficient (Wildman–Crippen LogP) is 3.23. The Morgan fingerprint density at radius 2 is 2.11 bits per heavy atom. The van der Waals surface area contributed by atoms with Crippen molar-refractivity contribution in [3.05, 3.63) is 10.1 Å². The maximum atomic E-state index is 3.62. The van der Waals surface area contributed by atoms with Crippen molar-refractivity contribution in [1.29, 1.82) is 0 Å². The minimum atomic E-state index is 0.986. The first-order valence-corrected chi connectivity index (χ1v) is 4.54. The van der Waals surface area contributed by atoms with Crippen LogP contribution in [0.4, 0.5) is 0 Å². The molecule has 0 bridgehead atoms. The molecule has 2 rings (SSSR count). The van der Waals surface area contributed by atoms with Crippen LogP contribution < -0.4 is 0 Å². The molecule has 2 aliphatic carbocycles. The molecule has 1 atom stereocenters. The molecule has 0 N–H and O–H groups in total. The maximum Gasteiger partial charge on any atom is -0.00543 e. The Labute approximate surface area is 64.5 Å². The zero-order chi connectivity index (χ0) is 6.27. The van der Waals surface area contributed by atoms with E-state index < -0.39 is 0 Å². The first-order valence-electron chi connectivity index (χ1n) is 3.75. The van der Waals surface area contributed by atoms with Crippen molar-refractivity contribution < 1.29 is 0 Å². The van der Waals surface area contributed by atoms with E-state index in [1.54, 1.807) is 5.57 Å². The lowest BCUT2D eigenvalue weighted by Gasteiger charge is -1.99.